The van der Waals surface area contributed by atoms with Crippen molar-refractivity contribution in [3.05, 3.63) is 48.0 Å². The summed E-state index contributed by atoms with van der Waals surface area (Å²) in [4.78, 5) is 24.2. The fourth-order valence-electron chi connectivity index (χ4n) is 4.28. The quantitative estimate of drug-likeness (QED) is 0.494. The molecule has 10 heteroatoms. The molecule has 9 nitrogen and oxygen atoms in total. The van der Waals surface area contributed by atoms with Crippen LogP contribution in [0.2, 0.25) is 0 Å². The van der Waals surface area contributed by atoms with Crippen LogP contribution in [-0.4, -0.2) is 58.4 Å². The van der Waals surface area contributed by atoms with Gasteiger partial charge in [0.05, 0.1) is 18.2 Å². The SMILES string of the molecule is COc1ncc2c(N3CCNC(C)C3)ccc(C(=O)Nc3cc(F)c4nn(C)cc4c3)c2n1. The number of hydrogen-bond acceptors (Lipinski definition) is 7. The minimum atomic E-state index is -0.500. The highest BCUT2D eigenvalue weighted by atomic mass is 19.1. The van der Waals surface area contributed by atoms with Crippen molar-refractivity contribution in [2.45, 2.75) is 13.0 Å². The van der Waals surface area contributed by atoms with Gasteiger partial charge in [-0.1, -0.05) is 0 Å². The Morgan fingerprint density at radius 3 is 2.94 bits per heavy atom. The smallest absolute Gasteiger partial charge is 0.316 e. The Labute approximate surface area is 189 Å². The number of aryl methyl sites for hydroxylation is 1. The normalized spacial score (nSPS) is 16.4. The number of hydrogen-bond donors (Lipinski definition) is 2. The van der Waals surface area contributed by atoms with E-state index in [0.29, 0.717) is 28.2 Å². The summed E-state index contributed by atoms with van der Waals surface area (Å²) in [6, 6.07) is 7.12. The maximum Gasteiger partial charge on any atom is 0.316 e. The fraction of sp³-hybridized carbons (Fsp3) is 0.304. The van der Waals surface area contributed by atoms with E-state index in [1.54, 1.807) is 31.6 Å². The molecule has 0 bridgehead atoms. The molecule has 170 valence electrons. The van der Waals surface area contributed by atoms with E-state index in [4.69, 9.17) is 4.74 Å². The van der Waals surface area contributed by atoms with Gasteiger partial charge in [-0.2, -0.15) is 10.1 Å². The Morgan fingerprint density at radius 1 is 1.30 bits per heavy atom. The van der Waals surface area contributed by atoms with Crippen LogP contribution in [0.5, 0.6) is 6.01 Å². The number of benzene rings is 2. The fourth-order valence-corrected chi connectivity index (χ4v) is 4.28. The predicted octanol–water partition coefficient (Wildman–Crippen LogP) is 2.71. The highest BCUT2D eigenvalue weighted by Crippen LogP contribution is 2.31. The average Bonchev–Trinajstić information content (AvgIpc) is 3.18. The van der Waals surface area contributed by atoms with Crippen LogP contribution in [0, 0.1) is 5.82 Å². The van der Waals surface area contributed by atoms with Gasteiger partial charge in [-0.15, -0.1) is 0 Å². The third kappa shape index (κ3) is 3.93. The van der Waals surface area contributed by atoms with Gasteiger partial charge in [-0.05, 0) is 31.2 Å². The second kappa shape index (κ2) is 8.28. The van der Waals surface area contributed by atoms with Crippen LogP contribution >= 0.6 is 0 Å². The zero-order valence-corrected chi connectivity index (χ0v) is 18.6. The summed E-state index contributed by atoms with van der Waals surface area (Å²) in [7, 11) is 3.20. The van der Waals surface area contributed by atoms with Gasteiger partial charge in [-0.3, -0.25) is 9.48 Å². The van der Waals surface area contributed by atoms with E-state index in [-0.39, 0.29) is 11.5 Å². The molecule has 5 rings (SSSR count). The number of nitrogens with one attached hydrogen (secondary N) is 2. The largest absolute Gasteiger partial charge is 0.467 e. The maximum absolute atomic E-state index is 14.5. The number of carbonyl (C=O) groups excluding carboxylic acids is 1. The average molecular weight is 449 g/mol. The lowest BCUT2D eigenvalue weighted by Gasteiger charge is -2.34. The van der Waals surface area contributed by atoms with E-state index in [1.165, 1.54) is 17.9 Å². The number of nitrogens with zero attached hydrogens (tertiary/aromatic N) is 5. The minimum Gasteiger partial charge on any atom is -0.467 e. The van der Waals surface area contributed by atoms with Crippen molar-refractivity contribution in [2.75, 3.05) is 37.0 Å². The lowest BCUT2D eigenvalue weighted by atomic mass is 10.1. The topological polar surface area (TPSA) is 97.2 Å². The molecular formula is C23H24FN7O2. The molecule has 0 spiro atoms. The Balaban J connectivity index is 1.54. The number of ether oxygens (including phenoxy) is 1. The highest BCUT2D eigenvalue weighted by molar-refractivity contribution is 6.14. The standard InChI is InChI=1S/C23H24FN7O2/c1-13-11-31(7-6-25-13)19-5-4-16(21-17(19)10-26-23(28-21)33-3)22(32)27-15-8-14-12-30(2)29-20(14)18(24)9-15/h4-5,8-10,12-13,25H,6-7,11H2,1-3H3,(H,27,32). The number of halogens is 1. The van der Waals surface area contributed by atoms with Crippen molar-refractivity contribution in [1.82, 2.24) is 25.1 Å². The zero-order valence-electron chi connectivity index (χ0n) is 18.6. The van der Waals surface area contributed by atoms with Crippen LogP contribution in [0.3, 0.4) is 0 Å². The molecular weight excluding hydrogens is 425 g/mol. The van der Waals surface area contributed by atoms with E-state index in [1.807, 2.05) is 6.07 Å². The lowest BCUT2D eigenvalue weighted by Crippen LogP contribution is -2.49. The molecule has 1 fully saturated rings. The van der Waals surface area contributed by atoms with Gasteiger partial charge in [0, 0.05) is 67.3 Å². The Bertz CT molecular complexity index is 1370. The van der Waals surface area contributed by atoms with E-state index >= 15 is 0 Å². The molecule has 1 unspecified atom stereocenters. The van der Waals surface area contributed by atoms with Crippen molar-refractivity contribution in [3.8, 4) is 6.01 Å². The third-order valence-electron chi connectivity index (χ3n) is 5.78. The van der Waals surface area contributed by atoms with Gasteiger partial charge in [0.15, 0.2) is 5.82 Å². The van der Waals surface area contributed by atoms with Crippen LogP contribution in [-0.2, 0) is 7.05 Å². The van der Waals surface area contributed by atoms with Crippen LogP contribution in [0.25, 0.3) is 21.8 Å². The first-order valence-electron chi connectivity index (χ1n) is 10.7. The first-order chi connectivity index (χ1) is 15.9. The molecule has 1 saturated heterocycles. The molecule has 4 aromatic rings. The minimum absolute atomic E-state index is 0.171. The highest BCUT2D eigenvalue weighted by Gasteiger charge is 2.22. The van der Waals surface area contributed by atoms with E-state index in [0.717, 1.165) is 30.7 Å². The number of aromatic nitrogens is 4. The van der Waals surface area contributed by atoms with Gasteiger partial charge >= 0.3 is 6.01 Å². The molecule has 3 heterocycles. The van der Waals surface area contributed by atoms with Crippen molar-refractivity contribution in [1.29, 1.82) is 0 Å². The van der Waals surface area contributed by atoms with Crippen molar-refractivity contribution in [2.24, 2.45) is 7.05 Å². The number of anilines is 2. The van der Waals surface area contributed by atoms with Crippen LogP contribution < -0.4 is 20.3 Å². The molecule has 2 aromatic carbocycles. The van der Waals surface area contributed by atoms with Gasteiger partial charge < -0.3 is 20.3 Å². The Kier molecular flexibility index (Phi) is 5.29. The van der Waals surface area contributed by atoms with Crippen molar-refractivity contribution < 1.29 is 13.9 Å². The lowest BCUT2D eigenvalue weighted by molar-refractivity contribution is 0.102. The van der Waals surface area contributed by atoms with Crippen molar-refractivity contribution >= 4 is 39.1 Å². The predicted molar refractivity (Wildman–Crippen MR) is 124 cm³/mol. The summed E-state index contributed by atoms with van der Waals surface area (Å²) in [5, 5.41) is 11.7. The Morgan fingerprint density at radius 2 is 2.15 bits per heavy atom. The molecule has 0 radical (unpaired) electrons. The molecule has 1 aliphatic heterocycles. The van der Waals surface area contributed by atoms with E-state index in [2.05, 4.69) is 37.5 Å². The first kappa shape index (κ1) is 21.1. The summed E-state index contributed by atoms with van der Waals surface area (Å²) in [5.41, 5.74) is 2.39. The zero-order chi connectivity index (χ0) is 23.1. The second-order valence-electron chi connectivity index (χ2n) is 8.21. The molecule has 0 saturated carbocycles. The molecule has 2 aromatic heterocycles. The van der Waals surface area contributed by atoms with Crippen LogP contribution in [0.4, 0.5) is 15.8 Å². The van der Waals surface area contributed by atoms with E-state index < -0.39 is 11.7 Å². The van der Waals surface area contributed by atoms with Gasteiger partial charge in [0.1, 0.15) is 5.52 Å². The number of amides is 1. The first-order valence-corrected chi connectivity index (χ1v) is 10.7. The number of fused-ring (bicyclic) bond motifs is 2. The molecule has 1 atom stereocenters. The summed E-state index contributed by atoms with van der Waals surface area (Å²) < 4.78 is 21.2. The summed E-state index contributed by atoms with van der Waals surface area (Å²) in [6.07, 6.45) is 3.38. The number of rotatable bonds is 4. The van der Waals surface area contributed by atoms with Gasteiger partial charge in [0.2, 0.25) is 0 Å². The number of carbonyl (C=O) groups is 1. The van der Waals surface area contributed by atoms with Gasteiger partial charge in [0.25, 0.3) is 5.91 Å². The third-order valence-corrected chi connectivity index (χ3v) is 5.78. The molecule has 1 amide bonds. The van der Waals surface area contributed by atoms with E-state index in [9.17, 15) is 9.18 Å². The van der Waals surface area contributed by atoms with Crippen molar-refractivity contribution in [3.63, 3.8) is 0 Å². The molecule has 33 heavy (non-hydrogen) atoms. The summed E-state index contributed by atoms with van der Waals surface area (Å²) in [5.74, 6) is -0.899. The second-order valence-corrected chi connectivity index (χ2v) is 8.21. The maximum atomic E-state index is 14.5. The Hall–Kier alpha value is -3.79. The molecule has 0 aliphatic carbocycles. The molecule has 2 N–H and O–H groups in total. The monoisotopic (exact) mass is 449 g/mol. The number of methoxy groups -OCH3 is 1. The molecule has 1 aliphatic rings. The summed E-state index contributed by atoms with van der Waals surface area (Å²) in [6.45, 7) is 4.66. The number of piperazine rings is 1. The van der Waals surface area contributed by atoms with Crippen LogP contribution in [0.15, 0.2) is 36.7 Å². The van der Waals surface area contributed by atoms with Crippen LogP contribution in [0.1, 0.15) is 17.3 Å². The van der Waals surface area contributed by atoms with Gasteiger partial charge in [-0.25, -0.2) is 9.37 Å². The summed E-state index contributed by atoms with van der Waals surface area (Å²) >= 11 is 0.